The second-order valence-electron chi connectivity index (χ2n) is 34.5. The quantitative estimate of drug-likeness (QED) is 0.00922. The van der Waals surface area contributed by atoms with Crippen LogP contribution in [0.3, 0.4) is 0 Å². The summed E-state index contributed by atoms with van der Waals surface area (Å²) in [5, 5.41) is 11.1. The van der Waals surface area contributed by atoms with Crippen molar-refractivity contribution in [3.05, 3.63) is 0 Å². The number of ketones is 2. The van der Waals surface area contributed by atoms with Crippen LogP contribution >= 0.6 is 64.8 Å². The van der Waals surface area contributed by atoms with Crippen molar-refractivity contribution in [3.8, 4) is 0 Å². The summed E-state index contributed by atoms with van der Waals surface area (Å²) in [4.78, 5) is 250. The molecule has 0 spiro atoms. The smallest absolute Gasteiger partial charge is 0.407 e. The van der Waals surface area contributed by atoms with Crippen molar-refractivity contribution < 1.29 is 124 Å². The van der Waals surface area contributed by atoms with E-state index < -0.39 is 107 Å². The maximum absolute atomic E-state index is 13.6. The Balaban J connectivity index is 0. The van der Waals surface area contributed by atoms with Crippen LogP contribution in [0.4, 0.5) is 19.2 Å². The summed E-state index contributed by atoms with van der Waals surface area (Å²) in [5.41, 5.74) is 19.0. The Bertz CT molecular complexity index is 3480. The molecule has 0 aromatic heterocycles. The molecule has 0 saturated carbocycles. The lowest BCUT2D eigenvalue weighted by atomic mass is 10.0. The largest absolute Gasteiger partial charge is 0.444 e. The number of imide groups is 2. The molecular weight excluding hydrogens is 1790 g/mol. The lowest BCUT2D eigenvalue weighted by Gasteiger charge is -2.25. The molecule has 5 fully saturated rings. The van der Waals surface area contributed by atoms with Crippen LogP contribution in [-0.2, 0) is 101 Å². The van der Waals surface area contributed by atoms with Crippen LogP contribution in [0.1, 0.15) is 275 Å². The molecule has 0 aliphatic carbocycles. The Labute approximate surface area is 780 Å². The average Bonchev–Trinajstić information content (AvgIpc) is 1.73. The third-order valence-corrected chi connectivity index (χ3v) is 25.4. The number of hydrogen-bond donors (Lipinski definition) is 8. The highest BCUT2D eigenvalue weighted by atomic mass is 33.2. The van der Waals surface area contributed by atoms with Gasteiger partial charge in [-0.15, -0.1) is 10.1 Å². The van der Waals surface area contributed by atoms with Gasteiger partial charge in [-0.1, -0.05) is 111 Å². The topological polar surface area (TPSA) is 551 Å². The van der Waals surface area contributed by atoms with E-state index in [1.54, 1.807) is 153 Å². The lowest BCUT2D eigenvalue weighted by Crippen LogP contribution is -2.44. The molecule has 39 nitrogen and oxygen atoms in total. The third kappa shape index (κ3) is 54.6. The summed E-state index contributed by atoms with van der Waals surface area (Å²) in [6.45, 7) is 25.3. The summed E-state index contributed by atoms with van der Waals surface area (Å²) in [5.74, 6) is -8.75. The zero-order valence-corrected chi connectivity index (χ0v) is 81.8. The van der Waals surface area contributed by atoms with Gasteiger partial charge in [0, 0.05) is 121 Å². The van der Waals surface area contributed by atoms with Crippen LogP contribution in [0.2, 0.25) is 0 Å². The second-order valence-corrected chi connectivity index (χ2v) is 43.0. The van der Waals surface area contributed by atoms with E-state index >= 15 is 0 Å². The molecule has 734 valence electrons. The van der Waals surface area contributed by atoms with Gasteiger partial charge in [-0.3, -0.25) is 62.3 Å². The fourth-order valence-electron chi connectivity index (χ4n) is 12.1. The molecule has 0 bridgehead atoms. The maximum atomic E-state index is 13.6. The third-order valence-electron chi connectivity index (χ3n) is 18.5. The molecule has 3 atom stereocenters. The zero-order chi connectivity index (χ0) is 96.5. The minimum absolute atomic E-state index is 0. The van der Waals surface area contributed by atoms with E-state index in [-0.39, 0.29) is 212 Å². The number of hydroxylamine groups is 4. The Morgan fingerprint density at radius 1 is 0.352 bits per heavy atom. The molecule has 5 heterocycles. The first-order valence-corrected chi connectivity index (χ1v) is 50.6. The first kappa shape index (κ1) is 116. The molecule has 0 unspecified atom stereocenters. The number of alkyl carbamates (subject to hydrolysis) is 4. The van der Waals surface area contributed by atoms with Crippen LogP contribution in [0.15, 0.2) is 0 Å². The molecule has 0 aromatic rings. The average molecular weight is 1930 g/mol. The van der Waals surface area contributed by atoms with Crippen molar-refractivity contribution in [3.63, 3.8) is 0 Å². The Hall–Kier alpha value is -8.01. The fraction of sp³-hybridized carbons (Fsp3) is 0.771. The van der Waals surface area contributed by atoms with Gasteiger partial charge in [0.05, 0.1) is 44.6 Å². The molecule has 12 N–H and O–H groups in total. The van der Waals surface area contributed by atoms with Crippen molar-refractivity contribution in [2.45, 2.75) is 306 Å². The predicted octanol–water partition coefficient (Wildman–Crippen LogP) is 9.89. The van der Waals surface area contributed by atoms with Gasteiger partial charge in [0.2, 0.25) is 41.4 Å². The predicted molar refractivity (Wildman–Crippen MR) is 496 cm³/mol. The first-order chi connectivity index (χ1) is 60.0. The molecule has 0 aromatic carbocycles. The summed E-state index contributed by atoms with van der Waals surface area (Å²) in [7, 11) is 10.1. The monoisotopic (exact) mass is 1930 g/mol. The summed E-state index contributed by atoms with van der Waals surface area (Å²) in [6, 6.07) is 0. The minimum atomic E-state index is -1.23. The van der Waals surface area contributed by atoms with Crippen molar-refractivity contribution in [1.82, 2.24) is 51.0 Å². The Morgan fingerprint density at radius 2 is 0.594 bits per heavy atom. The van der Waals surface area contributed by atoms with Gasteiger partial charge in [-0.05, 0) is 167 Å². The highest BCUT2D eigenvalue weighted by Gasteiger charge is 2.41. The van der Waals surface area contributed by atoms with Crippen LogP contribution in [-0.4, -0.2) is 264 Å². The van der Waals surface area contributed by atoms with E-state index in [0.29, 0.717) is 80.5 Å². The van der Waals surface area contributed by atoms with E-state index in [4.69, 9.17) is 51.6 Å². The van der Waals surface area contributed by atoms with Gasteiger partial charge < -0.3 is 92.4 Å². The molecule has 5 aliphatic heterocycles. The van der Waals surface area contributed by atoms with Crippen LogP contribution < -0.4 is 44.2 Å². The number of primary amides is 3. The second kappa shape index (κ2) is 60.9. The number of rotatable bonds is 56. The molecular formula is C83H146N14O25S6. The van der Waals surface area contributed by atoms with Gasteiger partial charge in [0.1, 0.15) is 35.5 Å². The summed E-state index contributed by atoms with van der Waals surface area (Å²) >= 11 is 0. The Kier molecular flexibility index (Phi) is 55.2. The number of nitrogens with two attached hydrogens (primary N) is 4. The van der Waals surface area contributed by atoms with Gasteiger partial charge >= 0.3 is 36.3 Å². The van der Waals surface area contributed by atoms with E-state index in [1.807, 2.05) is 13.8 Å². The number of carbonyl (C=O) groups excluding carboxylic acids is 19. The van der Waals surface area contributed by atoms with Gasteiger partial charge in [-0.2, -0.15) is 0 Å². The molecule has 5 saturated heterocycles. The van der Waals surface area contributed by atoms with E-state index in [2.05, 4.69) is 21.3 Å². The van der Waals surface area contributed by atoms with Crippen LogP contribution in [0.5, 0.6) is 0 Å². The number of nitrogens with one attached hydrogen (secondary N) is 4. The lowest BCUT2D eigenvalue weighted by molar-refractivity contribution is -0.201. The first-order valence-electron chi connectivity index (χ1n) is 43.7. The highest BCUT2D eigenvalue weighted by Crippen LogP contribution is 2.59. The standard InChI is InChI=1S/C41H70N6O10S4.C33H50N6O14.C7H14N2OS2.C2H6.3H2/c1-40(2,3)56-38(54)44-22-14-24-46(25-15-23-45-39(55)57-41(4,5)6)32(50)20-13-21-33(51)47(26-28(48)16-9-7-11-18-30(34(42)52)36-58-59-36)27-29(49)17-10-8-12-19-31(35(43)53)37-60-61-37;1-32(2,3)50-30(48)34-16-8-18-36(19-9-17-35-31(49)51-33(4,5)6)22(40)10-7-11-23(41)37(20-28(46)52-38-24(42)12-13-25(38)43)21-29(47)53-39-26(44)14-15-27(39)45;8-4-2-1-3-5(6(9)10)7-11-12-7;1-2;;;/h30-31,36-37H,7-27H2,1-6H3,(H2,42,52)(H2,43,53)(H,44,54)(H,45,55);7-21H2,1-6H3,(H,34,48)(H,35,49);5,7H,1-4,8H2,(H2,9,10);1-2H3;3*1H/t30-,31-;;5-;;;;/m0.0..../s1. The number of nitrogens with zero attached hydrogens (tertiary/aromatic N) is 6. The maximum Gasteiger partial charge on any atom is 0.407 e. The molecule has 0 radical (unpaired) electrons. The van der Waals surface area contributed by atoms with Gasteiger partial charge in [0.25, 0.3) is 23.6 Å². The van der Waals surface area contributed by atoms with Crippen molar-refractivity contribution in [2.24, 2.45) is 40.7 Å². The van der Waals surface area contributed by atoms with Gasteiger partial charge in [0.15, 0.2) is 11.6 Å². The number of ether oxygens (including phenoxy) is 4. The van der Waals surface area contributed by atoms with E-state index in [9.17, 15) is 91.1 Å². The molecule has 5 aliphatic rings. The zero-order valence-electron chi connectivity index (χ0n) is 76.9. The SMILES string of the molecule is CC.CC(C)(C)OC(=O)NCCCN(CCCNC(=O)OC(C)(C)C)C(=O)CCCC(=O)N(CC(=O)CCCCC[C@@H](C(N)=O)C1SS1)CC(=O)CCCCC[C@@H](C(N)=O)C1SS1.CC(C)(C)OC(=O)NCCCN(CCCNC(=O)OC(C)(C)C)C(=O)CCCC(=O)N(CC(=O)ON1C(=O)CCC1=O)CC(=O)ON1C(=O)CCC1=O.NCCCC[C@@H](C(N)=O)C1SS1.[HH].[HH].[HH]. The normalized spacial score (nSPS) is 15.0. The molecule has 128 heavy (non-hydrogen) atoms. The van der Waals surface area contributed by atoms with Crippen molar-refractivity contribution >= 4 is 178 Å². The van der Waals surface area contributed by atoms with Gasteiger partial charge in [-0.25, -0.2) is 28.8 Å². The van der Waals surface area contributed by atoms with Crippen molar-refractivity contribution in [2.75, 3.05) is 85.1 Å². The number of amides is 15. The van der Waals surface area contributed by atoms with Crippen molar-refractivity contribution in [1.29, 1.82) is 0 Å². The molecule has 5 rings (SSSR count). The fourth-order valence-corrected chi connectivity index (χ4v) is 17.8. The summed E-state index contributed by atoms with van der Waals surface area (Å²) < 4.78 is 21.9. The van der Waals surface area contributed by atoms with E-state index in [1.165, 1.54) is 9.80 Å². The molecule has 15 amide bonds. The van der Waals surface area contributed by atoms with Crippen LogP contribution in [0, 0.1) is 17.8 Å². The van der Waals surface area contributed by atoms with Crippen LogP contribution in [0.25, 0.3) is 0 Å². The molecule has 45 heteroatoms. The number of Topliss-reactive ketones (excluding diaryl/α,β-unsaturated/α-hetero) is 2. The number of carbonyl (C=O) groups is 19. The Morgan fingerprint density at radius 3 is 0.828 bits per heavy atom. The van der Waals surface area contributed by atoms with E-state index in [0.717, 1.165) is 44.9 Å². The highest BCUT2D eigenvalue weighted by molar-refractivity contribution is 8.93. The minimum Gasteiger partial charge on any atom is -0.444 e. The summed E-state index contributed by atoms with van der Waals surface area (Å²) in [6.07, 6.45) is 6.96. The number of hydrogen-bond acceptors (Lipinski definition) is 32. The number of unbranched alkanes of at least 4 members (excludes halogenated alkanes) is 5.